The topological polar surface area (TPSA) is 52.6 Å². The first-order chi connectivity index (χ1) is 6.56. The third kappa shape index (κ3) is 8.01. The predicted molar refractivity (Wildman–Crippen MR) is 57.1 cm³/mol. The lowest BCUT2D eigenvalue weighted by molar-refractivity contribution is -0.121. The monoisotopic (exact) mass is 202 g/mol. The van der Waals surface area contributed by atoms with Gasteiger partial charge in [-0.1, -0.05) is 6.92 Å². The van der Waals surface area contributed by atoms with Crippen LogP contribution in [0.1, 0.15) is 26.7 Å². The molecular weight excluding hydrogens is 180 g/mol. The van der Waals surface area contributed by atoms with E-state index in [1.807, 2.05) is 7.05 Å². The van der Waals surface area contributed by atoms with Crippen LogP contribution in [0.3, 0.4) is 0 Å². The van der Waals surface area contributed by atoms with Gasteiger partial charge in [-0.05, 0) is 26.9 Å². The van der Waals surface area contributed by atoms with Crippen molar-refractivity contribution in [1.82, 2.24) is 10.2 Å². The number of hydrogen-bond acceptors (Lipinski definition) is 3. The molecular formula is C10H22N2O2. The number of aliphatic hydroxyl groups excluding tert-OH is 1. The first kappa shape index (κ1) is 13.4. The first-order valence-electron chi connectivity index (χ1n) is 5.19. The average Bonchev–Trinajstić information content (AvgIpc) is 2.14. The van der Waals surface area contributed by atoms with Crippen molar-refractivity contribution in [3.05, 3.63) is 0 Å². The zero-order valence-electron chi connectivity index (χ0n) is 9.42. The lowest BCUT2D eigenvalue weighted by Gasteiger charge is -2.14. The molecule has 0 spiro atoms. The summed E-state index contributed by atoms with van der Waals surface area (Å²) in [5.74, 6) is 0.0235. The van der Waals surface area contributed by atoms with E-state index in [4.69, 9.17) is 5.11 Å². The van der Waals surface area contributed by atoms with Gasteiger partial charge in [0.1, 0.15) is 0 Å². The van der Waals surface area contributed by atoms with Gasteiger partial charge >= 0.3 is 0 Å². The molecule has 2 N–H and O–H groups in total. The van der Waals surface area contributed by atoms with Gasteiger partial charge in [-0.15, -0.1) is 0 Å². The van der Waals surface area contributed by atoms with E-state index in [2.05, 4.69) is 17.1 Å². The van der Waals surface area contributed by atoms with E-state index < -0.39 is 0 Å². The number of rotatable bonds is 7. The van der Waals surface area contributed by atoms with E-state index in [0.717, 1.165) is 13.1 Å². The van der Waals surface area contributed by atoms with Gasteiger partial charge in [0.2, 0.25) is 5.91 Å². The second kappa shape index (κ2) is 7.76. The standard InChI is InChI=1S/C10H22N2O2/c1-4-12(3)8-7-11-10(14)6-5-9(2)13/h9,13H,4-8H2,1-3H3,(H,11,14). The van der Waals surface area contributed by atoms with Gasteiger partial charge in [-0.2, -0.15) is 0 Å². The number of carbonyl (C=O) groups is 1. The van der Waals surface area contributed by atoms with Crippen LogP contribution in [-0.2, 0) is 4.79 Å². The van der Waals surface area contributed by atoms with Crippen LogP contribution < -0.4 is 5.32 Å². The average molecular weight is 202 g/mol. The highest BCUT2D eigenvalue weighted by molar-refractivity contribution is 5.75. The second-order valence-corrected chi connectivity index (χ2v) is 3.63. The third-order valence-corrected chi connectivity index (χ3v) is 2.14. The van der Waals surface area contributed by atoms with Crippen molar-refractivity contribution in [2.24, 2.45) is 0 Å². The van der Waals surface area contributed by atoms with Crippen molar-refractivity contribution < 1.29 is 9.90 Å². The minimum Gasteiger partial charge on any atom is -0.393 e. The maximum Gasteiger partial charge on any atom is 0.220 e. The van der Waals surface area contributed by atoms with Gasteiger partial charge in [0, 0.05) is 19.5 Å². The Balaban J connectivity index is 3.35. The molecule has 0 bridgehead atoms. The van der Waals surface area contributed by atoms with E-state index in [1.165, 1.54) is 0 Å². The van der Waals surface area contributed by atoms with Gasteiger partial charge in [-0.25, -0.2) is 0 Å². The Bertz CT molecular complexity index is 160. The Morgan fingerprint density at radius 3 is 2.71 bits per heavy atom. The van der Waals surface area contributed by atoms with E-state index in [1.54, 1.807) is 6.92 Å². The molecule has 0 saturated carbocycles. The van der Waals surface area contributed by atoms with Crippen LogP contribution >= 0.6 is 0 Å². The van der Waals surface area contributed by atoms with Gasteiger partial charge in [-0.3, -0.25) is 4.79 Å². The third-order valence-electron chi connectivity index (χ3n) is 2.14. The van der Waals surface area contributed by atoms with Crippen LogP contribution in [-0.4, -0.2) is 48.7 Å². The molecule has 0 radical (unpaired) electrons. The molecule has 0 aromatic carbocycles. The van der Waals surface area contributed by atoms with Crippen molar-refractivity contribution in [3.8, 4) is 0 Å². The van der Waals surface area contributed by atoms with Crippen LogP contribution in [0.15, 0.2) is 0 Å². The molecule has 4 nitrogen and oxygen atoms in total. The molecule has 1 atom stereocenters. The maximum absolute atomic E-state index is 11.2. The van der Waals surface area contributed by atoms with E-state index in [0.29, 0.717) is 19.4 Å². The Hall–Kier alpha value is -0.610. The highest BCUT2D eigenvalue weighted by atomic mass is 16.3. The Morgan fingerprint density at radius 1 is 1.57 bits per heavy atom. The molecule has 0 aliphatic rings. The molecule has 0 aromatic rings. The van der Waals surface area contributed by atoms with Crippen LogP contribution in [0.4, 0.5) is 0 Å². The molecule has 0 aliphatic carbocycles. The first-order valence-corrected chi connectivity index (χ1v) is 5.19. The second-order valence-electron chi connectivity index (χ2n) is 3.63. The normalized spacial score (nSPS) is 12.9. The van der Waals surface area contributed by atoms with Gasteiger partial charge in [0.15, 0.2) is 0 Å². The molecule has 0 aromatic heterocycles. The lowest BCUT2D eigenvalue weighted by Crippen LogP contribution is -2.33. The van der Waals surface area contributed by atoms with Crippen molar-refractivity contribution in [3.63, 3.8) is 0 Å². The minimum absolute atomic E-state index is 0.0235. The quantitative estimate of drug-likeness (QED) is 0.621. The van der Waals surface area contributed by atoms with Gasteiger partial charge in [0.05, 0.1) is 6.10 Å². The molecule has 1 unspecified atom stereocenters. The summed E-state index contributed by atoms with van der Waals surface area (Å²) >= 11 is 0. The van der Waals surface area contributed by atoms with Crippen molar-refractivity contribution in [1.29, 1.82) is 0 Å². The summed E-state index contributed by atoms with van der Waals surface area (Å²) in [5, 5.41) is 11.8. The SMILES string of the molecule is CCN(C)CCNC(=O)CCC(C)O. The smallest absolute Gasteiger partial charge is 0.220 e. The number of aliphatic hydroxyl groups is 1. The fraction of sp³-hybridized carbons (Fsp3) is 0.900. The largest absolute Gasteiger partial charge is 0.393 e. The molecule has 4 heteroatoms. The predicted octanol–water partition coefficient (Wildman–Crippen LogP) is 0.215. The van der Waals surface area contributed by atoms with Crippen LogP contribution in [0.5, 0.6) is 0 Å². The summed E-state index contributed by atoms with van der Waals surface area (Å²) in [5.41, 5.74) is 0. The number of nitrogens with one attached hydrogen (secondary N) is 1. The zero-order valence-corrected chi connectivity index (χ0v) is 9.42. The number of nitrogens with zero attached hydrogens (tertiary/aromatic N) is 1. The van der Waals surface area contributed by atoms with E-state index >= 15 is 0 Å². The number of hydrogen-bond donors (Lipinski definition) is 2. The Labute approximate surface area is 86.3 Å². The highest BCUT2D eigenvalue weighted by Gasteiger charge is 2.03. The number of carbonyl (C=O) groups excluding carboxylic acids is 1. The molecule has 0 fully saturated rings. The van der Waals surface area contributed by atoms with Gasteiger partial charge in [0.25, 0.3) is 0 Å². The number of likely N-dealkylation sites (N-methyl/N-ethyl adjacent to an activating group) is 1. The minimum atomic E-state index is -0.390. The Kier molecular flexibility index (Phi) is 7.42. The fourth-order valence-electron chi connectivity index (χ4n) is 0.973. The molecule has 0 aliphatic heterocycles. The number of amides is 1. The van der Waals surface area contributed by atoms with Crippen molar-refractivity contribution >= 4 is 5.91 Å². The molecule has 0 rings (SSSR count). The molecule has 1 amide bonds. The summed E-state index contributed by atoms with van der Waals surface area (Å²) in [6.07, 6.45) is 0.558. The summed E-state index contributed by atoms with van der Waals surface area (Å²) < 4.78 is 0. The van der Waals surface area contributed by atoms with E-state index in [-0.39, 0.29) is 12.0 Å². The van der Waals surface area contributed by atoms with E-state index in [9.17, 15) is 4.79 Å². The molecule has 0 heterocycles. The zero-order chi connectivity index (χ0) is 11.0. The molecule has 14 heavy (non-hydrogen) atoms. The van der Waals surface area contributed by atoms with Crippen molar-refractivity contribution in [2.75, 3.05) is 26.7 Å². The Morgan fingerprint density at radius 2 is 2.21 bits per heavy atom. The highest BCUT2D eigenvalue weighted by Crippen LogP contribution is 1.94. The van der Waals surface area contributed by atoms with Crippen molar-refractivity contribution in [2.45, 2.75) is 32.8 Å². The summed E-state index contributed by atoms with van der Waals surface area (Å²) in [6.45, 7) is 6.32. The molecule has 0 saturated heterocycles. The summed E-state index contributed by atoms with van der Waals surface area (Å²) in [6, 6.07) is 0. The summed E-state index contributed by atoms with van der Waals surface area (Å²) in [7, 11) is 2.02. The maximum atomic E-state index is 11.2. The fourth-order valence-corrected chi connectivity index (χ4v) is 0.973. The van der Waals surface area contributed by atoms with Crippen LogP contribution in [0.2, 0.25) is 0 Å². The van der Waals surface area contributed by atoms with Crippen LogP contribution in [0, 0.1) is 0 Å². The molecule has 84 valence electrons. The van der Waals surface area contributed by atoms with Gasteiger partial charge < -0.3 is 15.3 Å². The van der Waals surface area contributed by atoms with Crippen LogP contribution in [0.25, 0.3) is 0 Å². The summed E-state index contributed by atoms with van der Waals surface area (Å²) in [4.78, 5) is 13.3. The lowest BCUT2D eigenvalue weighted by atomic mass is 10.2.